The van der Waals surface area contributed by atoms with E-state index >= 15 is 0 Å². The Kier molecular flexibility index (Phi) is 4.70. The molecular weight excluding hydrogens is 314 g/mol. The first-order chi connectivity index (χ1) is 9.71. The third-order valence-corrected chi connectivity index (χ3v) is 5.97. The molecule has 1 aliphatic heterocycles. The number of nitrogens with one attached hydrogen (secondary N) is 1. The van der Waals surface area contributed by atoms with Gasteiger partial charge in [-0.05, 0) is 31.5 Å². The molecule has 0 bridgehead atoms. The standard InChI is InChI=1S/C14H20ClNO4S/c1-14(2,21(3,17)18)9-16-8-10-6-11(15)13-12(7-10)19-4-5-20-13/h6-7,16H,4-5,8-9H2,1-3H3. The summed E-state index contributed by atoms with van der Waals surface area (Å²) < 4.78 is 33.4. The van der Waals surface area contributed by atoms with Crippen LogP contribution in [0, 0.1) is 0 Å². The average Bonchev–Trinajstić information content (AvgIpc) is 2.37. The Balaban J connectivity index is 2.03. The van der Waals surface area contributed by atoms with Crippen LogP contribution in [0.2, 0.25) is 5.02 Å². The Hall–Kier alpha value is -0.980. The molecule has 2 rings (SSSR count). The summed E-state index contributed by atoms with van der Waals surface area (Å²) in [6, 6.07) is 3.66. The summed E-state index contributed by atoms with van der Waals surface area (Å²) in [6.07, 6.45) is 1.25. The average molecular weight is 334 g/mol. The fourth-order valence-corrected chi connectivity index (χ4v) is 2.56. The summed E-state index contributed by atoms with van der Waals surface area (Å²) in [5.74, 6) is 1.20. The number of fused-ring (bicyclic) bond motifs is 1. The van der Waals surface area contributed by atoms with Crippen LogP contribution in [-0.2, 0) is 16.4 Å². The zero-order valence-electron chi connectivity index (χ0n) is 12.4. The molecule has 0 amide bonds. The fraction of sp³-hybridized carbons (Fsp3) is 0.571. The second kappa shape index (κ2) is 6.02. The predicted molar refractivity (Wildman–Crippen MR) is 83.1 cm³/mol. The highest BCUT2D eigenvalue weighted by atomic mass is 35.5. The van der Waals surface area contributed by atoms with E-state index in [1.807, 2.05) is 6.07 Å². The van der Waals surface area contributed by atoms with Crippen molar-refractivity contribution in [2.75, 3.05) is 26.0 Å². The van der Waals surface area contributed by atoms with Crippen molar-refractivity contribution in [3.63, 3.8) is 0 Å². The topological polar surface area (TPSA) is 64.6 Å². The van der Waals surface area contributed by atoms with E-state index in [-0.39, 0.29) is 0 Å². The lowest BCUT2D eigenvalue weighted by Gasteiger charge is -2.23. The molecule has 118 valence electrons. The van der Waals surface area contributed by atoms with Gasteiger partial charge in [0.05, 0.1) is 9.77 Å². The molecule has 0 atom stereocenters. The predicted octanol–water partition coefficient (Wildman–Crippen LogP) is 2.02. The van der Waals surface area contributed by atoms with Gasteiger partial charge in [0.15, 0.2) is 21.3 Å². The van der Waals surface area contributed by atoms with E-state index in [4.69, 9.17) is 21.1 Å². The number of sulfone groups is 1. The van der Waals surface area contributed by atoms with Crippen LogP contribution in [0.15, 0.2) is 12.1 Å². The van der Waals surface area contributed by atoms with E-state index in [1.165, 1.54) is 6.26 Å². The molecule has 0 aliphatic carbocycles. The highest BCUT2D eigenvalue weighted by Gasteiger charge is 2.29. The van der Waals surface area contributed by atoms with E-state index in [2.05, 4.69) is 5.32 Å². The minimum Gasteiger partial charge on any atom is -0.486 e. The minimum atomic E-state index is -3.11. The second-order valence-corrected chi connectivity index (χ2v) is 8.79. The smallest absolute Gasteiger partial charge is 0.179 e. The summed E-state index contributed by atoms with van der Waals surface area (Å²) >= 11 is 6.16. The molecule has 1 heterocycles. The number of ether oxygens (including phenoxy) is 2. The van der Waals surface area contributed by atoms with E-state index in [9.17, 15) is 8.42 Å². The molecule has 1 aliphatic rings. The van der Waals surface area contributed by atoms with Crippen molar-refractivity contribution >= 4 is 21.4 Å². The first-order valence-electron chi connectivity index (χ1n) is 6.69. The van der Waals surface area contributed by atoms with Gasteiger partial charge in [0.25, 0.3) is 0 Å². The maximum Gasteiger partial charge on any atom is 0.179 e. The first-order valence-corrected chi connectivity index (χ1v) is 8.96. The van der Waals surface area contributed by atoms with Crippen LogP contribution in [0.25, 0.3) is 0 Å². The van der Waals surface area contributed by atoms with E-state index in [0.717, 1.165) is 5.56 Å². The van der Waals surface area contributed by atoms with Crippen molar-refractivity contribution in [2.24, 2.45) is 0 Å². The summed E-state index contributed by atoms with van der Waals surface area (Å²) in [7, 11) is -3.11. The zero-order chi connectivity index (χ0) is 15.7. The molecule has 0 unspecified atom stereocenters. The lowest BCUT2D eigenvalue weighted by molar-refractivity contribution is 0.171. The monoisotopic (exact) mass is 333 g/mol. The van der Waals surface area contributed by atoms with Crippen LogP contribution in [0.4, 0.5) is 0 Å². The summed E-state index contributed by atoms with van der Waals surface area (Å²) in [5, 5.41) is 3.65. The zero-order valence-corrected chi connectivity index (χ0v) is 14.0. The Morgan fingerprint density at radius 2 is 1.95 bits per heavy atom. The van der Waals surface area contributed by atoms with Gasteiger partial charge in [0, 0.05) is 19.3 Å². The summed E-state index contributed by atoms with van der Waals surface area (Å²) in [5.41, 5.74) is 0.925. The van der Waals surface area contributed by atoms with Gasteiger partial charge in [-0.2, -0.15) is 0 Å². The van der Waals surface area contributed by atoms with E-state index in [1.54, 1.807) is 19.9 Å². The highest BCUT2D eigenvalue weighted by Crippen LogP contribution is 2.38. The molecule has 0 fully saturated rings. The van der Waals surface area contributed by atoms with Crippen LogP contribution in [0.1, 0.15) is 19.4 Å². The Morgan fingerprint density at radius 3 is 2.62 bits per heavy atom. The third-order valence-electron chi connectivity index (χ3n) is 3.54. The first kappa shape index (κ1) is 16.4. The van der Waals surface area contributed by atoms with Gasteiger partial charge in [-0.3, -0.25) is 0 Å². The fourth-order valence-electron chi connectivity index (χ4n) is 1.91. The summed E-state index contributed by atoms with van der Waals surface area (Å²) in [4.78, 5) is 0. The van der Waals surface area contributed by atoms with Gasteiger partial charge >= 0.3 is 0 Å². The summed E-state index contributed by atoms with van der Waals surface area (Å²) in [6.45, 7) is 5.26. The number of benzene rings is 1. The molecular formula is C14H20ClNO4S. The van der Waals surface area contributed by atoms with E-state index in [0.29, 0.717) is 42.8 Å². The van der Waals surface area contributed by atoms with Gasteiger partial charge in [0.1, 0.15) is 13.2 Å². The normalized spacial score (nSPS) is 15.0. The van der Waals surface area contributed by atoms with Crippen molar-refractivity contribution in [1.29, 1.82) is 0 Å². The van der Waals surface area contributed by atoms with Crippen LogP contribution in [0.3, 0.4) is 0 Å². The third kappa shape index (κ3) is 3.81. The van der Waals surface area contributed by atoms with Crippen molar-refractivity contribution in [3.8, 4) is 11.5 Å². The van der Waals surface area contributed by atoms with Crippen molar-refractivity contribution in [2.45, 2.75) is 25.1 Å². The molecule has 0 saturated heterocycles. The molecule has 1 aromatic carbocycles. The molecule has 21 heavy (non-hydrogen) atoms. The molecule has 0 radical (unpaired) electrons. The Morgan fingerprint density at radius 1 is 1.29 bits per heavy atom. The minimum absolute atomic E-state index is 0.359. The van der Waals surface area contributed by atoms with Crippen LogP contribution >= 0.6 is 11.6 Å². The maximum absolute atomic E-state index is 11.6. The van der Waals surface area contributed by atoms with Gasteiger partial charge in [-0.25, -0.2) is 8.42 Å². The molecule has 0 aromatic heterocycles. The van der Waals surface area contributed by atoms with Crippen LogP contribution in [-0.4, -0.2) is 39.2 Å². The van der Waals surface area contributed by atoms with Gasteiger partial charge in [-0.15, -0.1) is 0 Å². The molecule has 1 aromatic rings. The molecule has 1 N–H and O–H groups in total. The van der Waals surface area contributed by atoms with Gasteiger partial charge in [0.2, 0.25) is 0 Å². The SMILES string of the molecule is CC(C)(CNCc1cc(Cl)c2c(c1)OCCO2)S(C)(=O)=O. The second-order valence-electron chi connectivity index (χ2n) is 5.74. The molecule has 7 heteroatoms. The van der Waals surface area contributed by atoms with Gasteiger partial charge in [-0.1, -0.05) is 11.6 Å². The quantitative estimate of drug-likeness (QED) is 0.893. The van der Waals surface area contributed by atoms with Crippen LogP contribution < -0.4 is 14.8 Å². The van der Waals surface area contributed by atoms with Crippen molar-refractivity contribution in [3.05, 3.63) is 22.7 Å². The number of hydrogen-bond donors (Lipinski definition) is 1. The number of rotatable bonds is 5. The van der Waals surface area contributed by atoms with E-state index < -0.39 is 14.6 Å². The number of hydrogen-bond acceptors (Lipinski definition) is 5. The lowest BCUT2D eigenvalue weighted by atomic mass is 10.1. The Labute approximate surface area is 130 Å². The molecule has 5 nitrogen and oxygen atoms in total. The van der Waals surface area contributed by atoms with Crippen molar-refractivity contribution < 1.29 is 17.9 Å². The molecule has 0 saturated carbocycles. The maximum atomic E-state index is 11.6. The van der Waals surface area contributed by atoms with Crippen molar-refractivity contribution in [1.82, 2.24) is 5.32 Å². The molecule has 0 spiro atoms. The Bertz CT molecular complexity index is 628. The highest BCUT2D eigenvalue weighted by molar-refractivity contribution is 7.92. The lowest BCUT2D eigenvalue weighted by Crippen LogP contribution is -2.41. The van der Waals surface area contributed by atoms with Crippen LogP contribution in [0.5, 0.6) is 11.5 Å². The number of halogens is 1. The van der Waals surface area contributed by atoms with Gasteiger partial charge < -0.3 is 14.8 Å². The largest absolute Gasteiger partial charge is 0.486 e.